The van der Waals surface area contributed by atoms with Gasteiger partial charge in [-0.25, -0.2) is 9.97 Å². The second kappa shape index (κ2) is 4.20. The molecule has 2 aromatic heterocycles. The van der Waals surface area contributed by atoms with Crippen LogP contribution in [0.5, 0.6) is 0 Å². The van der Waals surface area contributed by atoms with Crippen LogP contribution in [0.25, 0.3) is 10.2 Å². The molecule has 94 valence electrons. The third kappa shape index (κ3) is 1.56. The molecule has 0 spiro atoms. The van der Waals surface area contributed by atoms with Gasteiger partial charge >= 0.3 is 5.97 Å². The molecule has 1 aliphatic carbocycles. The molecule has 0 amide bonds. The monoisotopic (exact) mass is 263 g/mol. The molecule has 2 heterocycles. The van der Waals surface area contributed by atoms with E-state index < -0.39 is 0 Å². The summed E-state index contributed by atoms with van der Waals surface area (Å²) in [6.07, 6.45) is 3.15. The quantitative estimate of drug-likeness (QED) is 0.837. The number of fused-ring (bicyclic) bond motifs is 3. The van der Waals surface area contributed by atoms with Gasteiger partial charge in [0.2, 0.25) is 0 Å². The van der Waals surface area contributed by atoms with Crippen molar-refractivity contribution in [1.29, 1.82) is 0 Å². The van der Waals surface area contributed by atoms with Gasteiger partial charge in [-0.1, -0.05) is 0 Å². The molecule has 0 aromatic carbocycles. The van der Waals surface area contributed by atoms with Gasteiger partial charge in [0.15, 0.2) is 0 Å². The first kappa shape index (κ1) is 11.4. The summed E-state index contributed by atoms with van der Waals surface area (Å²) in [6.45, 7) is 2.22. The molecule has 0 bridgehead atoms. The lowest BCUT2D eigenvalue weighted by Crippen LogP contribution is -2.13. The Hall–Kier alpha value is -1.69. The van der Waals surface area contributed by atoms with Crippen LogP contribution in [0.2, 0.25) is 0 Å². The average Bonchev–Trinajstić information content (AvgIpc) is 2.87. The predicted octanol–water partition coefficient (Wildman–Crippen LogP) is 1.87. The largest absolute Gasteiger partial charge is 0.466 e. The van der Waals surface area contributed by atoms with Gasteiger partial charge in [0.1, 0.15) is 17.0 Å². The number of nitrogens with zero attached hydrogens (tertiary/aromatic N) is 2. The van der Waals surface area contributed by atoms with Gasteiger partial charge in [-0.2, -0.15) is 0 Å². The lowest BCUT2D eigenvalue weighted by Gasteiger charge is -2.10. The maximum Gasteiger partial charge on any atom is 0.313 e. The second-order valence-electron chi connectivity index (χ2n) is 4.22. The fraction of sp³-hybridized carbons (Fsp3) is 0.417. The number of ether oxygens (including phenoxy) is 1. The summed E-state index contributed by atoms with van der Waals surface area (Å²) in [6, 6.07) is 0. The van der Waals surface area contributed by atoms with E-state index in [2.05, 4.69) is 9.97 Å². The molecular formula is C12H13N3O2S. The Kier molecular flexibility index (Phi) is 2.66. The molecule has 2 N–H and O–H groups in total. The summed E-state index contributed by atoms with van der Waals surface area (Å²) < 4.78 is 5.12. The molecule has 0 aliphatic heterocycles. The predicted molar refractivity (Wildman–Crippen MR) is 69.5 cm³/mol. The normalized spacial score (nSPS) is 17.9. The van der Waals surface area contributed by atoms with Crippen LogP contribution in [0.4, 0.5) is 5.82 Å². The summed E-state index contributed by atoms with van der Waals surface area (Å²) in [4.78, 5) is 22.3. The number of hydrogen-bond donors (Lipinski definition) is 1. The van der Waals surface area contributed by atoms with E-state index in [1.807, 2.05) is 6.92 Å². The number of nitrogen functional groups attached to an aromatic ring is 1. The lowest BCUT2D eigenvalue weighted by molar-refractivity contribution is -0.144. The highest BCUT2D eigenvalue weighted by Gasteiger charge is 2.34. The van der Waals surface area contributed by atoms with Crippen molar-refractivity contribution in [1.82, 2.24) is 9.97 Å². The number of anilines is 1. The average molecular weight is 263 g/mol. The Morgan fingerprint density at radius 2 is 2.44 bits per heavy atom. The van der Waals surface area contributed by atoms with Crippen molar-refractivity contribution in [2.75, 3.05) is 12.3 Å². The zero-order valence-electron chi connectivity index (χ0n) is 9.97. The number of thiophene rings is 1. The smallest absolute Gasteiger partial charge is 0.313 e. The standard InChI is InChI=1S/C12H13N3O2S/c1-2-17-12(16)6-3-4-7-8(6)9-10(13)14-5-15-11(9)18-7/h5-6H,2-4H2,1H3,(H2,13,14,15). The van der Waals surface area contributed by atoms with Crippen molar-refractivity contribution < 1.29 is 9.53 Å². The SMILES string of the molecule is CCOC(=O)C1CCc2sc3ncnc(N)c3c21. The van der Waals surface area contributed by atoms with Crippen LogP contribution in [0.1, 0.15) is 29.7 Å². The molecule has 0 fully saturated rings. The van der Waals surface area contributed by atoms with Crippen LogP contribution in [-0.4, -0.2) is 22.5 Å². The van der Waals surface area contributed by atoms with E-state index in [9.17, 15) is 4.79 Å². The van der Waals surface area contributed by atoms with Gasteiger partial charge in [0, 0.05) is 4.88 Å². The molecule has 1 aliphatic rings. The highest BCUT2D eigenvalue weighted by molar-refractivity contribution is 7.19. The Morgan fingerprint density at radius 1 is 1.61 bits per heavy atom. The summed E-state index contributed by atoms with van der Waals surface area (Å²) in [7, 11) is 0. The maximum atomic E-state index is 12.0. The van der Waals surface area contributed by atoms with Gasteiger partial charge in [0.25, 0.3) is 0 Å². The van der Waals surface area contributed by atoms with Crippen LogP contribution in [-0.2, 0) is 16.0 Å². The Labute approximate surface area is 108 Å². The Morgan fingerprint density at radius 3 is 3.22 bits per heavy atom. The van der Waals surface area contributed by atoms with Gasteiger partial charge < -0.3 is 10.5 Å². The van der Waals surface area contributed by atoms with Crippen molar-refractivity contribution in [2.45, 2.75) is 25.7 Å². The number of esters is 1. The van der Waals surface area contributed by atoms with Crippen LogP contribution < -0.4 is 5.73 Å². The Balaban J connectivity index is 2.14. The minimum Gasteiger partial charge on any atom is -0.466 e. The fourth-order valence-corrected chi connectivity index (χ4v) is 3.70. The number of nitrogens with two attached hydrogens (primary N) is 1. The molecule has 1 unspecified atom stereocenters. The molecule has 0 radical (unpaired) electrons. The Bertz CT molecular complexity index is 623. The van der Waals surface area contributed by atoms with E-state index in [4.69, 9.17) is 10.5 Å². The second-order valence-corrected chi connectivity index (χ2v) is 5.30. The minimum absolute atomic E-state index is 0.167. The topological polar surface area (TPSA) is 78.1 Å². The van der Waals surface area contributed by atoms with Crippen molar-refractivity contribution in [3.8, 4) is 0 Å². The molecule has 0 saturated carbocycles. The van der Waals surface area contributed by atoms with Crippen molar-refractivity contribution in [2.24, 2.45) is 0 Å². The van der Waals surface area contributed by atoms with Crippen LogP contribution in [0.3, 0.4) is 0 Å². The number of aromatic nitrogens is 2. The number of carbonyl (C=O) groups is 1. The minimum atomic E-state index is -0.206. The summed E-state index contributed by atoms with van der Waals surface area (Å²) in [5, 5.41) is 0.841. The van der Waals surface area contributed by atoms with E-state index in [-0.39, 0.29) is 11.9 Å². The molecule has 18 heavy (non-hydrogen) atoms. The van der Waals surface area contributed by atoms with E-state index >= 15 is 0 Å². The molecule has 6 heteroatoms. The molecule has 0 saturated heterocycles. The van der Waals surface area contributed by atoms with Gasteiger partial charge in [0.05, 0.1) is 17.9 Å². The first-order valence-electron chi connectivity index (χ1n) is 5.90. The fourth-order valence-electron chi connectivity index (χ4n) is 2.48. The zero-order chi connectivity index (χ0) is 12.7. The third-order valence-corrected chi connectivity index (χ3v) is 4.38. The van der Waals surface area contributed by atoms with Crippen LogP contribution in [0.15, 0.2) is 6.33 Å². The zero-order valence-corrected chi connectivity index (χ0v) is 10.8. The highest BCUT2D eigenvalue weighted by atomic mass is 32.1. The lowest BCUT2D eigenvalue weighted by atomic mass is 10.0. The molecule has 2 aromatic rings. The summed E-state index contributed by atoms with van der Waals surface area (Å²) >= 11 is 1.60. The van der Waals surface area contributed by atoms with E-state index in [1.165, 1.54) is 11.2 Å². The van der Waals surface area contributed by atoms with Crippen molar-refractivity contribution >= 4 is 33.3 Å². The number of hydrogen-bond acceptors (Lipinski definition) is 6. The van der Waals surface area contributed by atoms with Gasteiger partial charge in [-0.05, 0) is 25.3 Å². The van der Waals surface area contributed by atoms with Crippen molar-refractivity contribution in [3.05, 3.63) is 16.8 Å². The summed E-state index contributed by atoms with van der Waals surface area (Å²) in [5.74, 6) is 0.0786. The summed E-state index contributed by atoms with van der Waals surface area (Å²) in [5.41, 5.74) is 6.91. The highest BCUT2D eigenvalue weighted by Crippen LogP contribution is 2.45. The first-order valence-corrected chi connectivity index (χ1v) is 6.72. The van der Waals surface area contributed by atoms with E-state index in [1.54, 1.807) is 11.3 Å². The number of aryl methyl sites for hydroxylation is 1. The number of rotatable bonds is 2. The van der Waals surface area contributed by atoms with E-state index in [0.717, 1.165) is 28.6 Å². The van der Waals surface area contributed by atoms with Crippen molar-refractivity contribution in [3.63, 3.8) is 0 Å². The van der Waals surface area contributed by atoms with Crippen LogP contribution >= 0.6 is 11.3 Å². The first-order chi connectivity index (χ1) is 8.72. The molecule has 1 atom stereocenters. The van der Waals surface area contributed by atoms with Crippen LogP contribution in [0, 0.1) is 0 Å². The van der Waals surface area contributed by atoms with Gasteiger partial charge in [-0.3, -0.25) is 4.79 Å². The molecule has 5 nitrogen and oxygen atoms in total. The van der Waals surface area contributed by atoms with Gasteiger partial charge in [-0.15, -0.1) is 11.3 Å². The molecule has 3 rings (SSSR count). The van der Waals surface area contributed by atoms with E-state index in [0.29, 0.717) is 12.4 Å². The number of carbonyl (C=O) groups excluding carboxylic acids is 1. The maximum absolute atomic E-state index is 12.0. The molecular weight excluding hydrogens is 250 g/mol. The third-order valence-electron chi connectivity index (χ3n) is 3.21.